The monoisotopic (exact) mass is 190 g/mol. The minimum absolute atomic E-state index is 0.706. The van der Waals surface area contributed by atoms with Gasteiger partial charge in [0.25, 0.3) is 0 Å². The summed E-state index contributed by atoms with van der Waals surface area (Å²) < 4.78 is 0. The van der Waals surface area contributed by atoms with E-state index in [0.717, 1.165) is 28.7 Å². The minimum atomic E-state index is 0.706. The molecular formula is C10H14N4. The molecule has 0 amide bonds. The first-order valence-corrected chi connectivity index (χ1v) is 4.68. The molecule has 0 saturated carbocycles. The average Bonchev–Trinajstić information content (AvgIpc) is 2.12. The normalized spacial score (nSPS) is 15.1. The maximum Gasteiger partial charge on any atom is 0.142 e. The zero-order valence-electron chi connectivity index (χ0n) is 9.00. The average molecular weight is 190 g/mol. The lowest BCUT2D eigenvalue weighted by molar-refractivity contribution is 0.887. The molecule has 0 unspecified atom stereocenters. The standard InChI is InChI=1S/C10H14N4/c1-6-9-5-11-8(3)14(4)10(9)13-7(2)12-6/h5H2,1-4H3. The zero-order valence-corrected chi connectivity index (χ0v) is 9.00. The fourth-order valence-electron chi connectivity index (χ4n) is 1.63. The van der Waals surface area contributed by atoms with Crippen LogP contribution >= 0.6 is 0 Å². The van der Waals surface area contributed by atoms with E-state index >= 15 is 0 Å². The summed E-state index contributed by atoms with van der Waals surface area (Å²) in [7, 11) is 1.99. The molecule has 4 nitrogen and oxygen atoms in total. The van der Waals surface area contributed by atoms with Crippen LogP contribution < -0.4 is 4.90 Å². The first-order valence-electron chi connectivity index (χ1n) is 4.68. The van der Waals surface area contributed by atoms with Crippen LogP contribution in [0.15, 0.2) is 4.99 Å². The molecule has 1 aliphatic rings. The lowest BCUT2D eigenvalue weighted by Gasteiger charge is -2.25. The predicted molar refractivity (Wildman–Crippen MR) is 56.7 cm³/mol. The van der Waals surface area contributed by atoms with Gasteiger partial charge in [-0.2, -0.15) is 0 Å². The molecule has 0 bridgehead atoms. The van der Waals surface area contributed by atoms with Crippen molar-refractivity contribution in [2.45, 2.75) is 27.3 Å². The van der Waals surface area contributed by atoms with Crippen molar-refractivity contribution in [1.29, 1.82) is 0 Å². The molecule has 0 saturated heterocycles. The molecule has 0 radical (unpaired) electrons. The molecule has 0 spiro atoms. The molecule has 0 aliphatic carbocycles. The van der Waals surface area contributed by atoms with Crippen molar-refractivity contribution in [1.82, 2.24) is 9.97 Å². The van der Waals surface area contributed by atoms with E-state index < -0.39 is 0 Å². The second kappa shape index (κ2) is 3.04. The third-order valence-electron chi connectivity index (χ3n) is 2.57. The fourth-order valence-corrected chi connectivity index (χ4v) is 1.63. The maximum atomic E-state index is 4.44. The summed E-state index contributed by atoms with van der Waals surface area (Å²) in [5.41, 5.74) is 2.18. The van der Waals surface area contributed by atoms with Gasteiger partial charge in [-0.25, -0.2) is 9.97 Å². The molecule has 2 rings (SSSR count). The van der Waals surface area contributed by atoms with Crippen LogP contribution in [0.5, 0.6) is 0 Å². The van der Waals surface area contributed by atoms with E-state index in [0.29, 0.717) is 6.54 Å². The molecule has 14 heavy (non-hydrogen) atoms. The van der Waals surface area contributed by atoms with Gasteiger partial charge < -0.3 is 4.90 Å². The van der Waals surface area contributed by atoms with Crippen molar-refractivity contribution in [3.8, 4) is 0 Å². The summed E-state index contributed by atoms with van der Waals surface area (Å²) in [4.78, 5) is 15.2. The van der Waals surface area contributed by atoms with Gasteiger partial charge in [-0.05, 0) is 20.8 Å². The number of rotatable bonds is 0. The van der Waals surface area contributed by atoms with E-state index in [9.17, 15) is 0 Å². The zero-order chi connectivity index (χ0) is 10.3. The summed E-state index contributed by atoms with van der Waals surface area (Å²) in [5, 5.41) is 0. The van der Waals surface area contributed by atoms with E-state index in [1.54, 1.807) is 0 Å². The Labute approximate surface area is 83.7 Å². The Balaban J connectivity index is 2.59. The maximum absolute atomic E-state index is 4.44. The van der Waals surface area contributed by atoms with Gasteiger partial charge in [0.05, 0.1) is 6.54 Å². The van der Waals surface area contributed by atoms with Crippen molar-refractivity contribution < 1.29 is 0 Å². The van der Waals surface area contributed by atoms with E-state index in [1.165, 1.54) is 0 Å². The van der Waals surface area contributed by atoms with Gasteiger partial charge in [-0.15, -0.1) is 0 Å². The molecule has 74 valence electrons. The van der Waals surface area contributed by atoms with E-state index in [-0.39, 0.29) is 0 Å². The van der Waals surface area contributed by atoms with E-state index in [4.69, 9.17) is 0 Å². The van der Waals surface area contributed by atoms with Gasteiger partial charge in [0, 0.05) is 18.3 Å². The molecule has 0 atom stereocenters. The topological polar surface area (TPSA) is 41.4 Å². The number of hydrogen-bond donors (Lipinski definition) is 0. The molecule has 4 heteroatoms. The van der Waals surface area contributed by atoms with Crippen molar-refractivity contribution in [3.63, 3.8) is 0 Å². The molecule has 0 fully saturated rings. The largest absolute Gasteiger partial charge is 0.318 e. The molecule has 0 aromatic carbocycles. The fraction of sp³-hybridized carbons (Fsp3) is 0.500. The molecular weight excluding hydrogens is 176 g/mol. The smallest absolute Gasteiger partial charge is 0.142 e. The number of aromatic nitrogens is 2. The van der Waals surface area contributed by atoms with E-state index in [1.807, 2.05) is 32.7 Å². The quantitative estimate of drug-likeness (QED) is 0.622. The number of aliphatic imine (C=N–C) groups is 1. The summed E-state index contributed by atoms with van der Waals surface area (Å²) in [6.07, 6.45) is 0. The van der Waals surface area contributed by atoms with Crippen LogP contribution in [0.2, 0.25) is 0 Å². The van der Waals surface area contributed by atoms with E-state index in [2.05, 4.69) is 15.0 Å². The van der Waals surface area contributed by atoms with Gasteiger partial charge in [0.15, 0.2) is 0 Å². The second-order valence-corrected chi connectivity index (χ2v) is 3.58. The van der Waals surface area contributed by atoms with Gasteiger partial charge in [-0.1, -0.05) is 0 Å². The molecule has 1 aromatic heterocycles. The van der Waals surface area contributed by atoms with Crippen molar-refractivity contribution in [2.24, 2.45) is 4.99 Å². The Kier molecular flexibility index (Phi) is 1.98. The lowest BCUT2D eigenvalue weighted by atomic mass is 10.2. The Morgan fingerprint density at radius 1 is 1.14 bits per heavy atom. The number of nitrogens with zero attached hydrogens (tertiary/aromatic N) is 4. The first-order chi connectivity index (χ1) is 6.59. The highest BCUT2D eigenvalue weighted by atomic mass is 15.2. The number of aryl methyl sites for hydroxylation is 2. The van der Waals surface area contributed by atoms with Crippen LogP contribution in [0.25, 0.3) is 0 Å². The third kappa shape index (κ3) is 1.27. The highest BCUT2D eigenvalue weighted by molar-refractivity contribution is 5.96. The molecule has 0 N–H and O–H groups in total. The van der Waals surface area contributed by atoms with Gasteiger partial charge >= 0.3 is 0 Å². The van der Waals surface area contributed by atoms with Crippen LogP contribution in [0.3, 0.4) is 0 Å². The van der Waals surface area contributed by atoms with Gasteiger partial charge in [0.1, 0.15) is 17.5 Å². The predicted octanol–water partition coefficient (Wildman–Crippen LogP) is 1.46. The van der Waals surface area contributed by atoms with Crippen molar-refractivity contribution in [2.75, 3.05) is 11.9 Å². The van der Waals surface area contributed by atoms with Gasteiger partial charge in [-0.3, -0.25) is 4.99 Å². The third-order valence-corrected chi connectivity index (χ3v) is 2.57. The summed E-state index contributed by atoms with van der Waals surface area (Å²) in [6.45, 7) is 6.63. The summed E-state index contributed by atoms with van der Waals surface area (Å²) in [6, 6.07) is 0. The Morgan fingerprint density at radius 3 is 2.57 bits per heavy atom. The molecule has 1 aliphatic heterocycles. The van der Waals surface area contributed by atoms with Crippen molar-refractivity contribution >= 4 is 11.7 Å². The SMILES string of the molecule is CC1=NCc2c(C)nc(C)nc2N1C. The Morgan fingerprint density at radius 2 is 1.86 bits per heavy atom. The number of anilines is 1. The van der Waals surface area contributed by atoms with Crippen LogP contribution in [0.1, 0.15) is 24.0 Å². The molecule has 1 aromatic rings. The van der Waals surface area contributed by atoms with Crippen LogP contribution in [-0.4, -0.2) is 22.9 Å². The van der Waals surface area contributed by atoms with Crippen LogP contribution in [-0.2, 0) is 6.54 Å². The van der Waals surface area contributed by atoms with Crippen molar-refractivity contribution in [3.05, 3.63) is 17.1 Å². The number of hydrogen-bond acceptors (Lipinski definition) is 4. The highest BCUT2D eigenvalue weighted by Gasteiger charge is 2.19. The van der Waals surface area contributed by atoms with Crippen LogP contribution in [0, 0.1) is 13.8 Å². The lowest BCUT2D eigenvalue weighted by Crippen LogP contribution is -2.29. The number of fused-ring (bicyclic) bond motifs is 1. The Bertz CT molecular complexity index is 409. The first kappa shape index (κ1) is 9.12. The van der Waals surface area contributed by atoms with Crippen LogP contribution in [0.4, 0.5) is 5.82 Å². The highest BCUT2D eigenvalue weighted by Crippen LogP contribution is 2.24. The summed E-state index contributed by atoms with van der Waals surface area (Å²) in [5.74, 6) is 2.83. The number of amidine groups is 1. The van der Waals surface area contributed by atoms with Gasteiger partial charge in [0.2, 0.25) is 0 Å². The summed E-state index contributed by atoms with van der Waals surface area (Å²) >= 11 is 0. The molecule has 2 heterocycles. The second-order valence-electron chi connectivity index (χ2n) is 3.58. The minimum Gasteiger partial charge on any atom is -0.318 e. The Hall–Kier alpha value is -1.45.